The average molecular weight is 403 g/mol. The lowest BCUT2D eigenvalue weighted by atomic mass is 9.88. The number of aromatic amines is 1. The zero-order chi connectivity index (χ0) is 20.9. The first-order valence-electron chi connectivity index (χ1n) is 10.5. The molecule has 154 valence electrons. The van der Waals surface area contributed by atoms with E-state index < -0.39 is 5.54 Å². The third kappa shape index (κ3) is 3.05. The topological polar surface area (TPSA) is 81.7 Å². The molecular weight excluding hydrogens is 378 g/mol. The van der Waals surface area contributed by atoms with Gasteiger partial charge in [0.05, 0.1) is 17.5 Å². The molecule has 3 aliphatic rings. The molecule has 0 bridgehead atoms. The largest absolute Gasteiger partial charge is 0.342 e. The summed E-state index contributed by atoms with van der Waals surface area (Å²) in [5.74, 6) is 1.58. The second-order valence-corrected chi connectivity index (χ2v) is 8.59. The number of amidine groups is 1. The molecule has 1 aromatic carbocycles. The van der Waals surface area contributed by atoms with Crippen molar-refractivity contribution in [3.8, 4) is 0 Å². The number of aliphatic imine (C=N–C) groups is 1. The number of benzene rings is 1. The maximum atomic E-state index is 13.5. The van der Waals surface area contributed by atoms with Gasteiger partial charge in [-0.05, 0) is 56.5 Å². The number of H-pyrrole nitrogens is 1. The molecule has 4 heterocycles. The summed E-state index contributed by atoms with van der Waals surface area (Å²) in [6, 6.07) is 6.23. The van der Waals surface area contributed by atoms with Crippen LogP contribution in [0.25, 0.3) is 11.0 Å². The lowest BCUT2D eigenvalue weighted by molar-refractivity contribution is -0.144. The molecule has 2 amide bonds. The Labute approximate surface area is 175 Å². The number of hydrogen-bond donors (Lipinski definition) is 1. The molecule has 0 spiro atoms. The van der Waals surface area contributed by atoms with Gasteiger partial charge < -0.3 is 14.8 Å². The standard InChI is InChI=1S/C23H25N5O2/c1-15-6-7-17-18(13-15)25-21(24-17)16-8-11-27(12-9-16)22(30)23(2)14-20(29)26-19-5-3-4-10-28(19)23/h3-7,10,13,16H,8-9,11-12,14H2,1-2H3,(H,24,25). The van der Waals surface area contributed by atoms with E-state index in [0.29, 0.717) is 24.8 Å². The molecule has 2 aromatic rings. The first kappa shape index (κ1) is 18.8. The SMILES string of the molecule is Cc1ccc2nc(C3CCN(C(=O)C4(C)CC(=O)N=C5C=CC=CN54)CC3)[nH]c2c1. The second-order valence-electron chi connectivity index (χ2n) is 8.59. The van der Waals surface area contributed by atoms with Crippen molar-refractivity contribution in [1.29, 1.82) is 0 Å². The number of piperidine rings is 1. The van der Waals surface area contributed by atoms with Crippen LogP contribution in [0.3, 0.4) is 0 Å². The number of aromatic nitrogens is 2. The molecule has 0 saturated carbocycles. The van der Waals surface area contributed by atoms with Crippen molar-refractivity contribution < 1.29 is 9.59 Å². The van der Waals surface area contributed by atoms with Crippen LogP contribution >= 0.6 is 0 Å². The Morgan fingerprint density at radius 2 is 2.03 bits per heavy atom. The number of amides is 2. The van der Waals surface area contributed by atoms with E-state index in [1.807, 2.05) is 41.1 Å². The van der Waals surface area contributed by atoms with Crippen LogP contribution in [0.5, 0.6) is 0 Å². The fraction of sp³-hybridized carbons (Fsp3) is 0.391. The van der Waals surface area contributed by atoms with Crippen molar-refractivity contribution in [3.63, 3.8) is 0 Å². The molecule has 7 nitrogen and oxygen atoms in total. The number of imidazole rings is 1. The number of likely N-dealkylation sites (tertiary alicyclic amines) is 1. The molecule has 3 aliphatic heterocycles. The van der Waals surface area contributed by atoms with Gasteiger partial charge in [-0.1, -0.05) is 12.1 Å². The van der Waals surface area contributed by atoms with Crippen molar-refractivity contribution in [2.45, 2.75) is 44.6 Å². The molecule has 0 radical (unpaired) electrons. The molecule has 1 atom stereocenters. The van der Waals surface area contributed by atoms with Gasteiger partial charge >= 0.3 is 0 Å². The van der Waals surface area contributed by atoms with Gasteiger partial charge in [0.15, 0.2) is 0 Å². The first-order chi connectivity index (χ1) is 14.4. The Kier molecular flexibility index (Phi) is 4.34. The van der Waals surface area contributed by atoms with Gasteiger partial charge in [0.1, 0.15) is 17.2 Å². The van der Waals surface area contributed by atoms with Gasteiger partial charge in [-0.25, -0.2) is 4.98 Å². The summed E-state index contributed by atoms with van der Waals surface area (Å²) in [6.45, 7) is 5.23. The molecule has 30 heavy (non-hydrogen) atoms. The summed E-state index contributed by atoms with van der Waals surface area (Å²) in [6.07, 6.45) is 9.12. The molecule has 7 heteroatoms. The average Bonchev–Trinajstić information content (AvgIpc) is 3.16. The number of carbonyl (C=O) groups excluding carboxylic acids is 2. The van der Waals surface area contributed by atoms with Crippen LogP contribution in [0, 0.1) is 6.92 Å². The van der Waals surface area contributed by atoms with Gasteiger partial charge in [-0.3, -0.25) is 9.59 Å². The number of fused-ring (bicyclic) bond motifs is 2. The van der Waals surface area contributed by atoms with Gasteiger partial charge in [0, 0.05) is 25.2 Å². The van der Waals surface area contributed by atoms with Crippen LogP contribution in [-0.4, -0.2) is 56.0 Å². The minimum absolute atomic E-state index is 0.0121. The van der Waals surface area contributed by atoms with Crippen LogP contribution in [0.15, 0.2) is 47.6 Å². The molecule has 1 unspecified atom stereocenters. The fourth-order valence-corrected chi connectivity index (χ4v) is 4.70. The fourth-order valence-electron chi connectivity index (χ4n) is 4.70. The van der Waals surface area contributed by atoms with E-state index in [-0.39, 0.29) is 18.2 Å². The Balaban J connectivity index is 1.32. The van der Waals surface area contributed by atoms with E-state index in [9.17, 15) is 9.59 Å². The molecule has 1 fully saturated rings. The van der Waals surface area contributed by atoms with E-state index in [1.54, 1.807) is 6.08 Å². The molecular formula is C23H25N5O2. The third-order valence-corrected chi connectivity index (χ3v) is 6.39. The monoisotopic (exact) mass is 403 g/mol. The predicted molar refractivity (Wildman–Crippen MR) is 115 cm³/mol. The van der Waals surface area contributed by atoms with Gasteiger partial charge in [-0.2, -0.15) is 4.99 Å². The highest BCUT2D eigenvalue weighted by Crippen LogP contribution is 2.33. The van der Waals surface area contributed by atoms with E-state index in [4.69, 9.17) is 4.98 Å². The second kappa shape index (κ2) is 6.93. The number of rotatable bonds is 2. The Morgan fingerprint density at radius 3 is 2.83 bits per heavy atom. The quantitative estimate of drug-likeness (QED) is 0.836. The van der Waals surface area contributed by atoms with E-state index in [2.05, 4.69) is 29.0 Å². The molecule has 1 N–H and O–H groups in total. The number of nitrogens with zero attached hydrogens (tertiary/aromatic N) is 4. The zero-order valence-electron chi connectivity index (χ0n) is 17.3. The molecule has 5 rings (SSSR count). The Hall–Kier alpha value is -3.22. The molecule has 1 saturated heterocycles. The van der Waals surface area contributed by atoms with Crippen molar-refractivity contribution in [2.75, 3.05) is 13.1 Å². The van der Waals surface area contributed by atoms with Gasteiger partial charge in [0.25, 0.3) is 5.91 Å². The predicted octanol–water partition coefficient (Wildman–Crippen LogP) is 3.05. The third-order valence-electron chi connectivity index (χ3n) is 6.39. The van der Waals surface area contributed by atoms with Gasteiger partial charge in [0.2, 0.25) is 5.91 Å². The Bertz CT molecular complexity index is 1120. The highest BCUT2D eigenvalue weighted by atomic mass is 16.2. The maximum Gasteiger partial charge on any atom is 0.250 e. The number of nitrogens with one attached hydrogen (secondary N) is 1. The Morgan fingerprint density at radius 1 is 1.23 bits per heavy atom. The van der Waals surface area contributed by atoms with Crippen molar-refractivity contribution >= 4 is 28.7 Å². The number of allylic oxidation sites excluding steroid dienone is 2. The van der Waals surface area contributed by atoms with E-state index in [1.165, 1.54) is 5.56 Å². The lowest BCUT2D eigenvalue weighted by Gasteiger charge is -2.45. The lowest BCUT2D eigenvalue weighted by Crippen LogP contribution is -2.61. The van der Waals surface area contributed by atoms with Crippen LogP contribution in [0.2, 0.25) is 0 Å². The number of hydrogen-bond acceptors (Lipinski definition) is 4. The minimum Gasteiger partial charge on any atom is -0.342 e. The van der Waals surface area contributed by atoms with Crippen LogP contribution in [-0.2, 0) is 9.59 Å². The minimum atomic E-state index is -0.931. The van der Waals surface area contributed by atoms with E-state index >= 15 is 0 Å². The normalized spacial score (nSPS) is 24.3. The molecule has 0 aliphatic carbocycles. The zero-order valence-corrected chi connectivity index (χ0v) is 17.3. The van der Waals surface area contributed by atoms with Crippen molar-refractivity contribution in [1.82, 2.24) is 19.8 Å². The summed E-state index contributed by atoms with van der Waals surface area (Å²) in [5, 5.41) is 0. The van der Waals surface area contributed by atoms with Crippen molar-refractivity contribution in [2.24, 2.45) is 4.99 Å². The summed E-state index contributed by atoms with van der Waals surface area (Å²) < 4.78 is 0. The smallest absolute Gasteiger partial charge is 0.250 e. The van der Waals surface area contributed by atoms with Crippen LogP contribution < -0.4 is 0 Å². The van der Waals surface area contributed by atoms with Crippen LogP contribution in [0.4, 0.5) is 0 Å². The molecule has 1 aromatic heterocycles. The summed E-state index contributed by atoms with van der Waals surface area (Å²) in [7, 11) is 0. The van der Waals surface area contributed by atoms with Gasteiger partial charge in [-0.15, -0.1) is 0 Å². The van der Waals surface area contributed by atoms with Crippen molar-refractivity contribution in [3.05, 3.63) is 54.0 Å². The first-order valence-corrected chi connectivity index (χ1v) is 10.5. The number of carbonyl (C=O) groups is 2. The summed E-state index contributed by atoms with van der Waals surface area (Å²) in [4.78, 5) is 41.8. The van der Waals surface area contributed by atoms with Crippen LogP contribution in [0.1, 0.15) is 43.5 Å². The number of aryl methyl sites for hydroxylation is 1. The highest BCUT2D eigenvalue weighted by Gasteiger charge is 2.47. The highest BCUT2D eigenvalue weighted by molar-refractivity contribution is 6.09. The van der Waals surface area contributed by atoms with E-state index in [0.717, 1.165) is 29.7 Å². The summed E-state index contributed by atoms with van der Waals surface area (Å²) in [5.41, 5.74) is 2.32. The maximum absolute atomic E-state index is 13.5. The summed E-state index contributed by atoms with van der Waals surface area (Å²) >= 11 is 0.